The van der Waals surface area contributed by atoms with Crippen molar-refractivity contribution < 1.29 is 14.6 Å². The lowest BCUT2D eigenvalue weighted by molar-refractivity contribution is 0.360. The van der Waals surface area contributed by atoms with Gasteiger partial charge in [0, 0.05) is 18.2 Å². The molecule has 0 bridgehead atoms. The molecule has 4 nitrogen and oxygen atoms in total. The van der Waals surface area contributed by atoms with Crippen LogP contribution >= 0.6 is 0 Å². The molecule has 0 heterocycles. The molecule has 3 N–H and O–H groups in total. The fraction of sp³-hybridized carbons (Fsp3) is 0.538. The third kappa shape index (κ3) is 2.82. The largest absolute Gasteiger partial charge is 0.507 e. The van der Waals surface area contributed by atoms with Crippen molar-refractivity contribution in [3.05, 3.63) is 17.7 Å². The maximum atomic E-state index is 10.0. The molecule has 1 aromatic rings. The zero-order valence-corrected chi connectivity index (χ0v) is 10.9. The predicted octanol–water partition coefficient (Wildman–Crippen LogP) is 2.46. The van der Waals surface area contributed by atoms with Gasteiger partial charge in [0.1, 0.15) is 17.2 Å². The van der Waals surface area contributed by atoms with E-state index in [9.17, 15) is 5.11 Å². The zero-order valence-electron chi connectivity index (χ0n) is 10.9. The Labute approximate surface area is 102 Å². The molecule has 0 aromatic heterocycles. The third-order valence-electron chi connectivity index (χ3n) is 3.14. The fourth-order valence-electron chi connectivity index (χ4n) is 1.75. The minimum absolute atomic E-state index is 0.119. The molecule has 0 aliphatic rings. The topological polar surface area (TPSA) is 64.7 Å². The summed E-state index contributed by atoms with van der Waals surface area (Å²) < 4.78 is 10.3. The lowest BCUT2D eigenvalue weighted by Crippen LogP contribution is -2.19. The molecule has 0 amide bonds. The van der Waals surface area contributed by atoms with Gasteiger partial charge in [-0.05, 0) is 5.92 Å². The van der Waals surface area contributed by atoms with E-state index in [1.807, 2.05) is 6.92 Å². The van der Waals surface area contributed by atoms with Gasteiger partial charge in [-0.25, -0.2) is 0 Å². The van der Waals surface area contributed by atoms with Crippen LogP contribution in [0.4, 0.5) is 0 Å². The second-order valence-electron chi connectivity index (χ2n) is 4.17. The maximum Gasteiger partial charge on any atom is 0.131 e. The number of methoxy groups -OCH3 is 2. The van der Waals surface area contributed by atoms with E-state index >= 15 is 0 Å². The van der Waals surface area contributed by atoms with Crippen LogP contribution in [-0.2, 0) is 0 Å². The van der Waals surface area contributed by atoms with Crippen molar-refractivity contribution in [3.8, 4) is 17.2 Å². The Morgan fingerprint density at radius 1 is 1.29 bits per heavy atom. The Bertz CT molecular complexity index is 379. The number of nitrogens with two attached hydrogens (primary N) is 1. The summed E-state index contributed by atoms with van der Waals surface area (Å²) in [6.45, 7) is 4.12. The first-order valence-corrected chi connectivity index (χ1v) is 5.75. The minimum atomic E-state index is -0.249. The zero-order chi connectivity index (χ0) is 13.0. The van der Waals surface area contributed by atoms with Crippen molar-refractivity contribution in [2.45, 2.75) is 26.3 Å². The van der Waals surface area contributed by atoms with Crippen molar-refractivity contribution >= 4 is 0 Å². The van der Waals surface area contributed by atoms with Crippen LogP contribution in [0.5, 0.6) is 17.2 Å². The highest BCUT2D eigenvalue weighted by molar-refractivity contribution is 5.51. The summed E-state index contributed by atoms with van der Waals surface area (Å²) in [6, 6.07) is 3.04. The third-order valence-corrected chi connectivity index (χ3v) is 3.14. The van der Waals surface area contributed by atoms with Gasteiger partial charge >= 0.3 is 0 Å². The van der Waals surface area contributed by atoms with E-state index in [0.717, 1.165) is 6.42 Å². The molecule has 17 heavy (non-hydrogen) atoms. The van der Waals surface area contributed by atoms with Gasteiger partial charge in [0.25, 0.3) is 0 Å². The van der Waals surface area contributed by atoms with Gasteiger partial charge in [-0.2, -0.15) is 0 Å². The van der Waals surface area contributed by atoms with Gasteiger partial charge < -0.3 is 20.3 Å². The van der Waals surface area contributed by atoms with E-state index in [1.54, 1.807) is 26.4 Å². The summed E-state index contributed by atoms with van der Waals surface area (Å²) in [5.41, 5.74) is 6.78. The number of hydrogen-bond acceptors (Lipinski definition) is 4. The molecule has 0 aliphatic carbocycles. The number of benzene rings is 1. The van der Waals surface area contributed by atoms with E-state index in [-0.39, 0.29) is 17.7 Å². The standard InChI is InChI=1S/C13H21NO3/c1-5-8(2)13(14)12-10(15)6-9(16-3)7-11(12)17-4/h6-8,13,15H,5,14H2,1-4H3/t8?,13-/m1/s1. The van der Waals surface area contributed by atoms with Crippen LogP contribution in [-0.4, -0.2) is 19.3 Å². The monoisotopic (exact) mass is 239 g/mol. The van der Waals surface area contributed by atoms with Crippen LogP contribution in [0.15, 0.2) is 12.1 Å². The van der Waals surface area contributed by atoms with Gasteiger partial charge in [-0.15, -0.1) is 0 Å². The smallest absolute Gasteiger partial charge is 0.131 e. The molecule has 0 saturated carbocycles. The number of rotatable bonds is 5. The molecule has 0 aliphatic heterocycles. The van der Waals surface area contributed by atoms with Crippen molar-refractivity contribution in [1.82, 2.24) is 0 Å². The second kappa shape index (κ2) is 5.77. The number of ether oxygens (including phenoxy) is 2. The molecule has 2 atom stereocenters. The van der Waals surface area contributed by atoms with Crippen LogP contribution in [0, 0.1) is 5.92 Å². The predicted molar refractivity (Wildman–Crippen MR) is 67.6 cm³/mol. The summed E-state index contributed by atoms with van der Waals surface area (Å²) in [5.74, 6) is 1.51. The number of phenolic OH excluding ortho intramolecular Hbond substituents is 1. The van der Waals surface area contributed by atoms with Crippen molar-refractivity contribution in [3.63, 3.8) is 0 Å². The van der Waals surface area contributed by atoms with Gasteiger partial charge in [0.2, 0.25) is 0 Å². The highest BCUT2D eigenvalue weighted by atomic mass is 16.5. The Kier molecular flexibility index (Phi) is 4.63. The fourth-order valence-corrected chi connectivity index (χ4v) is 1.75. The molecule has 0 fully saturated rings. The molecule has 1 rings (SSSR count). The highest BCUT2D eigenvalue weighted by Crippen LogP contribution is 2.39. The SMILES string of the molecule is CCC(C)[C@@H](N)c1c(O)cc(OC)cc1OC. The molecule has 1 aromatic carbocycles. The van der Waals surface area contributed by atoms with Crippen molar-refractivity contribution in [2.24, 2.45) is 11.7 Å². The average molecular weight is 239 g/mol. The molecule has 0 saturated heterocycles. The van der Waals surface area contributed by atoms with Gasteiger partial charge in [-0.1, -0.05) is 20.3 Å². The molecule has 0 spiro atoms. The maximum absolute atomic E-state index is 10.0. The molecule has 4 heteroatoms. The lowest BCUT2D eigenvalue weighted by atomic mass is 9.92. The molecular formula is C13H21NO3. The molecule has 0 radical (unpaired) electrons. The Balaban J connectivity index is 3.22. The Morgan fingerprint density at radius 2 is 1.94 bits per heavy atom. The van der Waals surface area contributed by atoms with Crippen LogP contribution in [0.1, 0.15) is 31.9 Å². The summed E-state index contributed by atoms with van der Waals surface area (Å²) in [6.07, 6.45) is 0.940. The summed E-state index contributed by atoms with van der Waals surface area (Å²) in [4.78, 5) is 0. The van der Waals surface area contributed by atoms with Gasteiger partial charge in [-0.3, -0.25) is 0 Å². The van der Waals surface area contributed by atoms with Gasteiger partial charge in [0.15, 0.2) is 0 Å². The summed E-state index contributed by atoms with van der Waals surface area (Å²) in [5, 5.41) is 10.0. The molecule has 1 unspecified atom stereocenters. The van der Waals surface area contributed by atoms with Crippen molar-refractivity contribution in [1.29, 1.82) is 0 Å². The van der Waals surface area contributed by atoms with E-state index in [1.165, 1.54) is 0 Å². The van der Waals surface area contributed by atoms with E-state index in [4.69, 9.17) is 15.2 Å². The first-order chi connectivity index (χ1) is 8.04. The molecular weight excluding hydrogens is 218 g/mol. The summed E-state index contributed by atoms with van der Waals surface area (Å²) in [7, 11) is 3.10. The van der Waals surface area contributed by atoms with Crippen LogP contribution in [0.2, 0.25) is 0 Å². The summed E-state index contributed by atoms with van der Waals surface area (Å²) >= 11 is 0. The van der Waals surface area contributed by atoms with Crippen LogP contribution in [0.3, 0.4) is 0 Å². The van der Waals surface area contributed by atoms with E-state index in [2.05, 4.69) is 6.92 Å². The lowest BCUT2D eigenvalue weighted by Gasteiger charge is -2.22. The van der Waals surface area contributed by atoms with E-state index in [0.29, 0.717) is 17.1 Å². The van der Waals surface area contributed by atoms with Crippen molar-refractivity contribution in [2.75, 3.05) is 14.2 Å². The van der Waals surface area contributed by atoms with Crippen LogP contribution < -0.4 is 15.2 Å². The average Bonchev–Trinajstić information content (AvgIpc) is 2.35. The Morgan fingerprint density at radius 3 is 2.41 bits per heavy atom. The first kappa shape index (κ1) is 13.6. The second-order valence-corrected chi connectivity index (χ2v) is 4.17. The minimum Gasteiger partial charge on any atom is -0.507 e. The van der Waals surface area contributed by atoms with E-state index < -0.39 is 0 Å². The first-order valence-electron chi connectivity index (χ1n) is 5.75. The number of hydrogen-bond donors (Lipinski definition) is 2. The van der Waals surface area contributed by atoms with Crippen LogP contribution in [0.25, 0.3) is 0 Å². The number of phenols is 1. The highest BCUT2D eigenvalue weighted by Gasteiger charge is 2.22. The Hall–Kier alpha value is -1.42. The quantitative estimate of drug-likeness (QED) is 0.828. The molecule has 96 valence electrons. The van der Waals surface area contributed by atoms with Gasteiger partial charge in [0.05, 0.1) is 19.8 Å². The normalized spacial score (nSPS) is 14.2. The number of aromatic hydroxyl groups is 1.